The topological polar surface area (TPSA) is 83.7 Å². The van der Waals surface area contributed by atoms with Gasteiger partial charge in [0.1, 0.15) is 5.82 Å². The van der Waals surface area contributed by atoms with Crippen LogP contribution in [0.2, 0.25) is 0 Å². The van der Waals surface area contributed by atoms with Gasteiger partial charge in [0.2, 0.25) is 10.0 Å². The Balaban J connectivity index is 1.51. The molecule has 130 valence electrons. The normalized spacial score (nSPS) is 20.2. The second-order valence-corrected chi connectivity index (χ2v) is 8.83. The molecule has 2 fully saturated rings. The lowest BCUT2D eigenvalue weighted by atomic mass is 10.1. The average molecular weight is 350 g/mol. The van der Waals surface area contributed by atoms with Crippen LogP contribution in [-0.2, 0) is 10.0 Å². The van der Waals surface area contributed by atoms with Crippen molar-refractivity contribution in [2.45, 2.75) is 37.6 Å². The Morgan fingerprint density at radius 2 is 1.83 bits per heavy atom. The minimum Gasteiger partial charge on any atom is -0.355 e. The number of fused-ring (bicyclic) bond motifs is 1. The molecule has 0 unspecified atom stereocenters. The van der Waals surface area contributed by atoms with Crippen LogP contribution in [0.5, 0.6) is 0 Å². The van der Waals surface area contributed by atoms with E-state index in [0.717, 1.165) is 56.1 Å². The molecular weight excluding hydrogens is 328 g/mol. The molecular formula is C15H22N6O2S. The van der Waals surface area contributed by atoms with Gasteiger partial charge in [0.25, 0.3) is 0 Å². The van der Waals surface area contributed by atoms with Crippen molar-refractivity contribution in [1.82, 2.24) is 24.1 Å². The molecule has 0 spiro atoms. The van der Waals surface area contributed by atoms with Gasteiger partial charge in [-0.25, -0.2) is 12.7 Å². The molecule has 0 radical (unpaired) electrons. The van der Waals surface area contributed by atoms with Crippen molar-refractivity contribution in [2.24, 2.45) is 0 Å². The number of sulfonamides is 1. The van der Waals surface area contributed by atoms with Gasteiger partial charge in [-0.1, -0.05) is 0 Å². The smallest absolute Gasteiger partial charge is 0.211 e. The predicted octanol–water partition coefficient (Wildman–Crippen LogP) is 0.862. The third-order valence-electron chi connectivity index (χ3n) is 5.04. The molecule has 1 saturated heterocycles. The van der Waals surface area contributed by atoms with E-state index in [1.54, 1.807) is 7.05 Å². The van der Waals surface area contributed by atoms with Gasteiger partial charge in [-0.05, 0) is 37.8 Å². The van der Waals surface area contributed by atoms with Crippen molar-refractivity contribution in [3.05, 3.63) is 18.0 Å². The summed E-state index contributed by atoms with van der Waals surface area (Å²) in [4.78, 5) is 2.21. The number of hydrogen-bond donors (Lipinski definition) is 0. The maximum Gasteiger partial charge on any atom is 0.211 e. The monoisotopic (exact) mass is 350 g/mol. The van der Waals surface area contributed by atoms with Crippen molar-refractivity contribution in [2.75, 3.05) is 31.3 Å². The summed E-state index contributed by atoms with van der Waals surface area (Å²) in [5.74, 6) is 2.36. The molecule has 4 rings (SSSR count). The first-order chi connectivity index (χ1) is 11.4. The zero-order chi connectivity index (χ0) is 16.9. The molecule has 3 heterocycles. The number of rotatable bonds is 4. The Kier molecular flexibility index (Phi) is 3.72. The summed E-state index contributed by atoms with van der Waals surface area (Å²) in [6.45, 7) is 1.59. The Bertz CT molecular complexity index is 852. The van der Waals surface area contributed by atoms with Crippen LogP contribution in [0.1, 0.15) is 37.4 Å². The highest BCUT2D eigenvalue weighted by molar-refractivity contribution is 7.88. The zero-order valence-corrected chi connectivity index (χ0v) is 14.8. The van der Waals surface area contributed by atoms with Crippen molar-refractivity contribution in [1.29, 1.82) is 0 Å². The van der Waals surface area contributed by atoms with Crippen LogP contribution in [0.3, 0.4) is 0 Å². The fourth-order valence-electron chi connectivity index (χ4n) is 3.29. The van der Waals surface area contributed by atoms with Crippen LogP contribution < -0.4 is 4.90 Å². The molecule has 1 aliphatic heterocycles. The van der Waals surface area contributed by atoms with Gasteiger partial charge < -0.3 is 4.90 Å². The highest BCUT2D eigenvalue weighted by Gasteiger charge is 2.30. The van der Waals surface area contributed by atoms with Gasteiger partial charge in [0, 0.05) is 32.1 Å². The SMILES string of the molecule is CN(C1CCN(c2ccc3nnc(C4CC4)n3n2)CC1)S(C)(=O)=O. The van der Waals surface area contributed by atoms with E-state index in [2.05, 4.69) is 15.1 Å². The molecule has 1 saturated carbocycles. The van der Waals surface area contributed by atoms with E-state index in [1.807, 2.05) is 16.6 Å². The number of piperidine rings is 1. The summed E-state index contributed by atoms with van der Waals surface area (Å²) in [6, 6.07) is 3.99. The second kappa shape index (κ2) is 5.66. The van der Waals surface area contributed by atoms with Crippen molar-refractivity contribution >= 4 is 21.5 Å². The molecule has 2 aromatic heterocycles. The Labute approximate surface area is 141 Å². The van der Waals surface area contributed by atoms with E-state index < -0.39 is 10.0 Å². The lowest BCUT2D eigenvalue weighted by molar-refractivity contribution is 0.313. The van der Waals surface area contributed by atoms with Crippen LogP contribution in [0, 0.1) is 0 Å². The van der Waals surface area contributed by atoms with Crippen LogP contribution in [-0.4, -0.2) is 65.0 Å². The van der Waals surface area contributed by atoms with E-state index in [0.29, 0.717) is 5.92 Å². The van der Waals surface area contributed by atoms with Gasteiger partial charge in [0.15, 0.2) is 11.5 Å². The minimum atomic E-state index is -3.14. The van der Waals surface area contributed by atoms with E-state index >= 15 is 0 Å². The van der Waals surface area contributed by atoms with Gasteiger partial charge in [-0.15, -0.1) is 15.3 Å². The molecule has 8 nitrogen and oxygen atoms in total. The largest absolute Gasteiger partial charge is 0.355 e. The molecule has 0 aromatic carbocycles. The number of hydrogen-bond acceptors (Lipinski definition) is 6. The number of aromatic nitrogens is 4. The lowest BCUT2D eigenvalue weighted by Gasteiger charge is -2.36. The van der Waals surface area contributed by atoms with Gasteiger partial charge in [0.05, 0.1) is 6.26 Å². The second-order valence-electron chi connectivity index (χ2n) is 6.79. The molecule has 0 bridgehead atoms. The zero-order valence-electron chi connectivity index (χ0n) is 14.0. The Morgan fingerprint density at radius 1 is 1.12 bits per heavy atom. The highest BCUT2D eigenvalue weighted by atomic mass is 32.2. The average Bonchev–Trinajstić information content (AvgIpc) is 3.32. The van der Waals surface area contributed by atoms with Crippen LogP contribution >= 0.6 is 0 Å². The Hall–Kier alpha value is -1.74. The maximum absolute atomic E-state index is 11.7. The lowest BCUT2D eigenvalue weighted by Crippen LogP contribution is -2.45. The standard InChI is InChI=1S/C15H22N6O2S/c1-19(24(2,22)23)12-7-9-20(10-8-12)14-6-5-13-16-17-15(11-3-4-11)21(13)18-14/h5-6,11-12H,3-4,7-10H2,1-2H3. The van der Waals surface area contributed by atoms with Gasteiger partial charge in [-0.2, -0.15) is 4.52 Å². The minimum absolute atomic E-state index is 0.0666. The maximum atomic E-state index is 11.7. The molecule has 9 heteroatoms. The van der Waals surface area contributed by atoms with Crippen LogP contribution in [0.15, 0.2) is 12.1 Å². The highest BCUT2D eigenvalue weighted by Crippen LogP contribution is 2.38. The predicted molar refractivity (Wildman–Crippen MR) is 90.6 cm³/mol. The molecule has 0 atom stereocenters. The summed E-state index contributed by atoms with van der Waals surface area (Å²) in [5.41, 5.74) is 0.785. The molecule has 1 aliphatic carbocycles. The van der Waals surface area contributed by atoms with Crippen LogP contribution in [0.4, 0.5) is 5.82 Å². The quantitative estimate of drug-likeness (QED) is 0.813. The molecule has 2 aliphatic rings. The molecule has 2 aromatic rings. The number of nitrogens with zero attached hydrogens (tertiary/aromatic N) is 6. The molecule has 0 N–H and O–H groups in total. The summed E-state index contributed by atoms with van der Waals surface area (Å²) >= 11 is 0. The fraction of sp³-hybridized carbons (Fsp3) is 0.667. The third-order valence-corrected chi connectivity index (χ3v) is 6.39. The van der Waals surface area contributed by atoms with Crippen LogP contribution in [0.25, 0.3) is 5.65 Å². The summed E-state index contributed by atoms with van der Waals surface area (Å²) < 4.78 is 26.7. The van der Waals surface area contributed by atoms with E-state index in [1.165, 1.54) is 10.6 Å². The van der Waals surface area contributed by atoms with Gasteiger partial charge in [-0.3, -0.25) is 0 Å². The third kappa shape index (κ3) is 2.86. The summed E-state index contributed by atoms with van der Waals surface area (Å²) in [7, 11) is -1.47. The Morgan fingerprint density at radius 3 is 2.46 bits per heavy atom. The van der Waals surface area contributed by atoms with Crippen molar-refractivity contribution in [3.8, 4) is 0 Å². The van der Waals surface area contributed by atoms with E-state index in [9.17, 15) is 8.42 Å². The number of anilines is 1. The first-order valence-electron chi connectivity index (χ1n) is 8.34. The first kappa shape index (κ1) is 15.8. The van der Waals surface area contributed by atoms with Crippen molar-refractivity contribution in [3.63, 3.8) is 0 Å². The summed E-state index contributed by atoms with van der Waals surface area (Å²) in [5, 5.41) is 13.2. The first-order valence-corrected chi connectivity index (χ1v) is 10.2. The molecule has 24 heavy (non-hydrogen) atoms. The summed E-state index contributed by atoms with van der Waals surface area (Å²) in [6.07, 6.45) is 5.20. The van der Waals surface area contributed by atoms with E-state index in [4.69, 9.17) is 5.10 Å². The fourth-order valence-corrected chi connectivity index (χ4v) is 4.04. The van der Waals surface area contributed by atoms with Crippen molar-refractivity contribution < 1.29 is 8.42 Å². The van der Waals surface area contributed by atoms with E-state index in [-0.39, 0.29) is 6.04 Å². The van der Waals surface area contributed by atoms with Gasteiger partial charge >= 0.3 is 0 Å². The molecule has 0 amide bonds.